The molecule has 0 bridgehead atoms. The van der Waals surface area contributed by atoms with Gasteiger partial charge in [0.15, 0.2) is 6.61 Å². The lowest BCUT2D eigenvalue weighted by atomic mass is 9.87. The fourth-order valence-corrected chi connectivity index (χ4v) is 4.08. The number of ether oxygens (including phenoxy) is 1. The maximum Gasteiger partial charge on any atom is 0.261 e. The minimum absolute atomic E-state index is 0.00144. The molecule has 6 heteroatoms. The van der Waals surface area contributed by atoms with Gasteiger partial charge in [-0.2, -0.15) is 0 Å². The Morgan fingerprint density at radius 1 is 0.947 bits per heavy atom. The molecule has 5 nitrogen and oxygen atoms in total. The topological polar surface area (TPSA) is 58.6 Å². The summed E-state index contributed by atoms with van der Waals surface area (Å²) in [5, 5.41) is 3.01. The van der Waals surface area contributed by atoms with E-state index in [-0.39, 0.29) is 30.5 Å². The van der Waals surface area contributed by atoms with E-state index in [2.05, 4.69) is 26.1 Å². The minimum Gasteiger partial charge on any atom is -0.484 e. The second kappa shape index (κ2) is 13.2. The number of benzene rings is 3. The van der Waals surface area contributed by atoms with E-state index in [1.807, 2.05) is 68.4 Å². The van der Waals surface area contributed by atoms with Crippen LogP contribution in [0.1, 0.15) is 57.7 Å². The molecule has 0 saturated carbocycles. The first kappa shape index (κ1) is 28.9. The monoisotopic (exact) mass is 518 g/mol. The highest BCUT2D eigenvalue weighted by molar-refractivity contribution is 5.88. The molecule has 0 aliphatic carbocycles. The summed E-state index contributed by atoms with van der Waals surface area (Å²) in [7, 11) is 0. The highest BCUT2D eigenvalue weighted by Crippen LogP contribution is 2.24. The number of carbonyl (C=O) groups excluding carboxylic acids is 2. The molecule has 0 aromatic heterocycles. The van der Waals surface area contributed by atoms with Crippen molar-refractivity contribution in [3.63, 3.8) is 0 Å². The third-order valence-corrected chi connectivity index (χ3v) is 6.65. The molecule has 38 heavy (non-hydrogen) atoms. The molecule has 0 heterocycles. The Balaban J connectivity index is 1.90. The largest absolute Gasteiger partial charge is 0.484 e. The summed E-state index contributed by atoms with van der Waals surface area (Å²) in [5.41, 5.74) is 2.40. The second-order valence-corrected chi connectivity index (χ2v) is 10.7. The molecule has 2 atom stereocenters. The summed E-state index contributed by atoms with van der Waals surface area (Å²) in [6.45, 7) is 9.97. The van der Waals surface area contributed by atoms with Gasteiger partial charge in [-0.1, -0.05) is 88.4 Å². The highest BCUT2D eigenvalue weighted by Gasteiger charge is 2.31. The molecule has 0 saturated heterocycles. The minimum atomic E-state index is -0.842. The molecule has 0 spiro atoms. The SMILES string of the molecule is CC[C@@H](C)NC(=O)[C@@H](Cc1ccccc1)N(Cc1ccccc1F)C(=O)COc1ccc(C(C)(C)C)cc1. The van der Waals surface area contributed by atoms with Crippen LogP contribution in [0.4, 0.5) is 4.39 Å². The van der Waals surface area contributed by atoms with Crippen molar-refractivity contribution in [1.82, 2.24) is 10.2 Å². The van der Waals surface area contributed by atoms with Crippen molar-refractivity contribution in [2.24, 2.45) is 0 Å². The fraction of sp³-hybridized carbons (Fsp3) is 0.375. The third-order valence-electron chi connectivity index (χ3n) is 6.65. The lowest BCUT2D eigenvalue weighted by molar-refractivity contribution is -0.143. The van der Waals surface area contributed by atoms with Crippen molar-refractivity contribution in [3.05, 3.63) is 101 Å². The molecule has 0 aliphatic heterocycles. The molecule has 1 N–H and O–H groups in total. The molecule has 2 amide bonds. The molecular weight excluding hydrogens is 479 g/mol. The van der Waals surface area contributed by atoms with Crippen LogP contribution in [0.3, 0.4) is 0 Å². The van der Waals surface area contributed by atoms with E-state index in [9.17, 15) is 14.0 Å². The average molecular weight is 519 g/mol. The van der Waals surface area contributed by atoms with Gasteiger partial charge < -0.3 is 15.0 Å². The Bertz CT molecular complexity index is 1190. The molecule has 0 unspecified atom stereocenters. The van der Waals surface area contributed by atoms with Crippen molar-refractivity contribution in [2.45, 2.75) is 71.5 Å². The molecule has 3 aromatic rings. The van der Waals surface area contributed by atoms with Crippen LogP contribution in [0.2, 0.25) is 0 Å². The van der Waals surface area contributed by atoms with Crippen LogP contribution in [0, 0.1) is 5.82 Å². The van der Waals surface area contributed by atoms with Gasteiger partial charge in [-0.15, -0.1) is 0 Å². The van der Waals surface area contributed by atoms with Gasteiger partial charge in [0.25, 0.3) is 5.91 Å². The molecular formula is C32H39FN2O3. The maximum atomic E-state index is 14.7. The van der Waals surface area contributed by atoms with E-state index >= 15 is 0 Å². The quantitative estimate of drug-likeness (QED) is 0.336. The zero-order chi connectivity index (χ0) is 27.7. The second-order valence-electron chi connectivity index (χ2n) is 10.7. The number of halogens is 1. The van der Waals surface area contributed by atoms with E-state index in [0.29, 0.717) is 17.7 Å². The predicted octanol–water partition coefficient (Wildman–Crippen LogP) is 6.06. The summed E-state index contributed by atoms with van der Waals surface area (Å²) < 4.78 is 20.5. The van der Waals surface area contributed by atoms with Crippen molar-refractivity contribution in [1.29, 1.82) is 0 Å². The van der Waals surface area contributed by atoms with Gasteiger partial charge in [-0.25, -0.2) is 4.39 Å². The van der Waals surface area contributed by atoms with Crippen LogP contribution in [0.15, 0.2) is 78.9 Å². The maximum absolute atomic E-state index is 14.7. The Morgan fingerprint density at radius 2 is 1.58 bits per heavy atom. The summed E-state index contributed by atoms with van der Waals surface area (Å²) >= 11 is 0. The third kappa shape index (κ3) is 8.17. The Labute approximate surface area is 226 Å². The van der Waals surface area contributed by atoms with Gasteiger partial charge in [-0.05, 0) is 48.1 Å². The first-order chi connectivity index (χ1) is 18.1. The highest BCUT2D eigenvalue weighted by atomic mass is 19.1. The summed E-state index contributed by atoms with van der Waals surface area (Å²) in [5.74, 6) is -0.540. The summed E-state index contributed by atoms with van der Waals surface area (Å²) in [4.78, 5) is 28.6. The van der Waals surface area contributed by atoms with E-state index in [0.717, 1.165) is 17.5 Å². The summed E-state index contributed by atoms with van der Waals surface area (Å²) in [6, 6.07) is 22.6. The summed E-state index contributed by atoms with van der Waals surface area (Å²) in [6.07, 6.45) is 1.04. The van der Waals surface area contributed by atoms with Gasteiger partial charge >= 0.3 is 0 Å². The molecule has 3 aromatic carbocycles. The number of rotatable bonds is 11. The Kier molecular flexibility index (Phi) is 10.1. The van der Waals surface area contributed by atoms with Gasteiger partial charge in [0.1, 0.15) is 17.6 Å². The zero-order valence-electron chi connectivity index (χ0n) is 23.0. The number of nitrogens with zero attached hydrogens (tertiary/aromatic N) is 1. The van der Waals surface area contributed by atoms with Crippen molar-refractivity contribution >= 4 is 11.8 Å². The number of amides is 2. The first-order valence-corrected chi connectivity index (χ1v) is 13.2. The lowest BCUT2D eigenvalue weighted by Crippen LogP contribution is -2.53. The Morgan fingerprint density at radius 3 is 2.18 bits per heavy atom. The van der Waals surface area contributed by atoms with E-state index in [4.69, 9.17) is 4.74 Å². The molecule has 202 valence electrons. The van der Waals surface area contributed by atoms with Crippen molar-refractivity contribution < 1.29 is 18.7 Å². The zero-order valence-corrected chi connectivity index (χ0v) is 23.0. The van der Waals surface area contributed by atoms with Crippen molar-refractivity contribution in [3.8, 4) is 5.75 Å². The van der Waals surface area contributed by atoms with E-state index < -0.39 is 17.8 Å². The normalized spacial score (nSPS) is 12.9. The molecule has 3 rings (SSSR count). The lowest BCUT2D eigenvalue weighted by Gasteiger charge is -2.32. The van der Waals surface area contributed by atoms with Gasteiger partial charge in [-0.3, -0.25) is 9.59 Å². The molecule has 0 radical (unpaired) electrons. The van der Waals surface area contributed by atoms with Gasteiger partial charge in [0.05, 0.1) is 0 Å². The smallest absolute Gasteiger partial charge is 0.261 e. The van der Waals surface area contributed by atoms with Crippen LogP contribution in [-0.2, 0) is 28.0 Å². The first-order valence-electron chi connectivity index (χ1n) is 13.2. The van der Waals surface area contributed by atoms with E-state index in [1.165, 1.54) is 11.0 Å². The van der Waals surface area contributed by atoms with Gasteiger partial charge in [0.2, 0.25) is 5.91 Å². The fourth-order valence-electron chi connectivity index (χ4n) is 4.08. The number of hydrogen-bond donors (Lipinski definition) is 1. The molecule has 0 aliphatic rings. The van der Waals surface area contributed by atoms with Crippen LogP contribution < -0.4 is 10.1 Å². The molecule has 0 fully saturated rings. The number of carbonyl (C=O) groups is 2. The van der Waals surface area contributed by atoms with E-state index in [1.54, 1.807) is 18.2 Å². The van der Waals surface area contributed by atoms with Crippen LogP contribution in [0.5, 0.6) is 5.75 Å². The van der Waals surface area contributed by atoms with Crippen molar-refractivity contribution in [2.75, 3.05) is 6.61 Å². The van der Waals surface area contributed by atoms with Crippen LogP contribution in [-0.4, -0.2) is 35.4 Å². The average Bonchev–Trinajstić information content (AvgIpc) is 2.90. The number of hydrogen-bond acceptors (Lipinski definition) is 3. The Hall–Kier alpha value is -3.67. The predicted molar refractivity (Wildman–Crippen MR) is 149 cm³/mol. The van der Waals surface area contributed by atoms with Crippen LogP contribution in [0.25, 0.3) is 0 Å². The number of nitrogens with one attached hydrogen (secondary N) is 1. The standard InChI is InChI=1S/C32H39FN2O3/c1-6-23(2)34-31(37)29(20-24-12-8-7-9-13-24)35(21-25-14-10-11-15-28(25)33)30(36)22-38-27-18-16-26(17-19-27)32(3,4)5/h7-19,23,29H,6,20-22H2,1-5H3,(H,34,37)/t23-,29-/m1/s1. The van der Waals surface area contributed by atoms with Crippen LogP contribution >= 0.6 is 0 Å². The van der Waals surface area contributed by atoms with Gasteiger partial charge in [0, 0.05) is 24.6 Å².